The molecular formula is C15H15N3O2. The van der Waals surface area contributed by atoms with E-state index < -0.39 is 0 Å². The second-order valence-electron chi connectivity index (χ2n) is 4.63. The fourth-order valence-electron chi connectivity index (χ4n) is 2.19. The van der Waals surface area contributed by atoms with Gasteiger partial charge in [0.1, 0.15) is 5.76 Å². The first kappa shape index (κ1) is 13.8. The van der Waals surface area contributed by atoms with Gasteiger partial charge in [-0.1, -0.05) is 11.2 Å². The minimum Gasteiger partial charge on any atom is -0.361 e. The normalized spacial score (nSPS) is 11.7. The molecule has 1 heterocycles. The largest absolute Gasteiger partial charge is 0.361 e. The number of nitrogens with one attached hydrogen (secondary N) is 1. The van der Waals surface area contributed by atoms with E-state index in [0.29, 0.717) is 16.9 Å². The third-order valence-corrected chi connectivity index (χ3v) is 3.12. The average molecular weight is 269 g/mol. The fourth-order valence-corrected chi connectivity index (χ4v) is 2.19. The lowest BCUT2D eigenvalue weighted by Gasteiger charge is -2.13. The van der Waals surface area contributed by atoms with Crippen molar-refractivity contribution in [3.05, 3.63) is 52.4 Å². The van der Waals surface area contributed by atoms with Crippen LogP contribution in [0, 0.1) is 25.2 Å². The number of aromatic nitrogens is 1. The number of benzene rings is 1. The van der Waals surface area contributed by atoms with Crippen LogP contribution >= 0.6 is 0 Å². The van der Waals surface area contributed by atoms with E-state index in [-0.39, 0.29) is 11.9 Å². The lowest BCUT2D eigenvalue weighted by molar-refractivity contribution is 0.0939. The number of aryl methyl sites for hydroxylation is 2. The zero-order chi connectivity index (χ0) is 14.7. The molecule has 1 atom stereocenters. The summed E-state index contributed by atoms with van der Waals surface area (Å²) < 4.78 is 5.10. The Morgan fingerprint density at radius 3 is 2.80 bits per heavy atom. The Morgan fingerprint density at radius 1 is 1.45 bits per heavy atom. The van der Waals surface area contributed by atoms with E-state index in [1.165, 1.54) is 0 Å². The molecule has 0 fully saturated rings. The minimum atomic E-state index is -0.227. The van der Waals surface area contributed by atoms with Crippen LogP contribution in [0.1, 0.15) is 45.9 Å². The number of nitriles is 1. The molecule has 0 spiro atoms. The predicted octanol–water partition coefficient (Wildman–Crippen LogP) is 2.65. The summed E-state index contributed by atoms with van der Waals surface area (Å²) in [6.07, 6.45) is 0. The first-order chi connectivity index (χ1) is 9.52. The number of hydrogen-bond donors (Lipinski definition) is 1. The molecule has 0 aliphatic carbocycles. The Kier molecular flexibility index (Phi) is 3.85. The molecular weight excluding hydrogens is 254 g/mol. The third-order valence-electron chi connectivity index (χ3n) is 3.12. The number of carbonyl (C=O) groups excluding carboxylic acids is 1. The second kappa shape index (κ2) is 5.57. The quantitative estimate of drug-likeness (QED) is 0.929. The number of carbonyl (C=O) groups is 1. The lowest BCUT2D eigenvalue weighted by Crippen LogP contribution is -2.27. The molecule has 1 amide bonds. The van der Waals surface area contributed by atoms with Gasteiger partial charge in [0.05, 0.1) is 23.4 Å². The highest BCUT2D eigenvalue weighted by Crippen LogP contribution is 2.21. The summed E-state index contributed by atoms with van der Waals surface area (Å²) in [5.74, 6) is 0.468. The van der Waals surface area contributed by atoms with Gasteiger partial charge in [-0.25, -0.2) is 0 Å². The Balaban J connectivity index is 2.17. The van der Waals surface area contributed by atoms with Crippen LogP contribution in [0.5, 0.6) is 0 Å². The number of nitrogens with zero attached hydrogens (tertiary/aromatic N) is 2. The van der Waals surface area contributed by atoms with Crippen LogP contribution in [-0.2, 0) is 0 Å². The monoisotopic (exact) mass is 269 g/mol. The molecule has 1 unspecified atom stereocenters. The van der Waals surface area contributed by atoms with Crippen LogP contribution in [-0.4, -0.2) is 11.1 Å². The highest BCUT2D eigenvalue weighted by molar-refractivity contribution is 5.94. The van der Waals surface area contributed by atoms with Crippen molar-refractivity contribution in [2.24, 2.45) is 0 Å². The molecule has 0 saturated carbocycles. The maximum Gasteiger partial charge on any atom is 0.251 e. The van der Waals surface area contributed by atoms with E-state index in [2.05, 4.69) is 10.5 Å². The molecule has 102 valence electrons. The van der Waals surface area contributed by atoms with Crippen LogP contribution in [0.25, 0.3) is 0 Å². The van der Waals surface area contributed by atoms with Crippen LogP contribution in [0.3, 0.4) is 0 Å². The van der Waals surface area contributed by atoms with E-state index in [1.807, 2.05) is 26.8 Å². The summed E-state index contributed by atoms with van der Waals surface area (Å²) in [7, 11) is 0. The lowest BCUT2D eigenvalue weighted by atomic mass is 10.1. The van der Waals surface area contributed by atoms with Crippen LogP contribution in [0.4, 0.5) is 0 Å². The molecule has 1 N–H and O–H groups in total. The SMILES string of the molecule is Cc1noc(C)c1C(C)NC(=O)c1cccc(C#N)c1. The summed E-state index contributed by atoms with van der Waals surface area (Å²) in [5.41, 5.74) is 2.57. The highest BCUT2D eigenvalue weighted by Gasteiger charge is 2.18. The summed E-state index contributed by atoms with van der Waals surface area (Å²) >= 11 is 0. The fraction of sp³-hybridized carbons (Fsp3) is 0.267. The van der Waals surface area contributed by atoms with Crippen molar-refractivity contribution in [1.82, 2.24) is 10.5 Å². The number of amides is 1. The van der Waals surface area contributed by atoms with Gasteiger partial charge in [-0.2, -0.15) is 5.26 Å². The van der Waals surface area contributed by atoms with Crippen molar-refractivity contribution < 1.29 is 9.32 Å². The third kappa shape index (κ3) is 2.69. The summed E-state index contributed by atoms with van der Waals surface area (Å²) in [5, 5.41) is 15.6. The maximum atomic E-state index is 12.2. The van der Waals surface area contributed by atoms with Crippen LogP contribution in [0.2, 0.25) is 0 Å². The smallest absolute Gasteiger partial charge is 0.251 e. The molecule has 0 aliphatic rings. The first-order valence-electron chi connectivity index (χ1n) is 6.26. The summed E-state index contributed by atoms with van der Waals surface area (Å²) in [6.45, 7) is 5.53. The summed E-state index contributed by atoms with van der Waals surface area (Å²) in [6, 6.07) is 8.40. The van der Waals surface area contributed by atoms with Gasteiger partial charge in [0.2, 0.25) is 0 Å². The van der Waals surface area contributed by atoms with Crippen LogP contribution in [0.15, 0.2) is 28.8 Å². The minimum absolute atomic E-state index is 0.209. The molecule has 5 heteroatoms. The molecule has 20 heavy (non-hydrogen) atoms. The molecule has 0 aliphatic heterocycles. The van der Waals surface area contributed by atoms with Gasteiger partial charge < -0.3 is 9.84 Å². The van der Waals surface area contributed by atoms with Crippen molar-refractivity contribution in [2.75, 3.05) is 0 Å². The Hall–Kier alpha value is -2.61. The molecule has 1 aromatic heterocycles. The maximum absolute atomic E-state index is 12.2. The van der Waals surface area contributed by atoms with E-state index in [4.69, 9.17) is 9.78 Å². The standard InChI is InChI=1S/C15H15N3O2/c1-9(14-10(2)18-20-11(14)3)17-15(19)13-6-4-5-12(7-13)8-16/h4-7,9H,1-3H3,(H,17,19). The molecule has 0 saturated heterocycles. The number of rotatable bonds is 3. The first-order valence-corrected chi connectivity index (χ1v) is 6.26. The van der Waals surface area contributed by atoms with Crippen molar-refractivity contribution >= 4 is 5.91 Å². The van der Waals surface area contributed by atoms with E-state index in [0.717, 1.165) is 11.3 Å². The van der Waals surface area contributed by atoms with Gasteiger partial charge in [0, 0.05) is 11.1 Å². The molecule has 0 bridgehead atoms. The van der Waals surface area contributed by atoms with Crippen LogP contribution < -0.4 is 5.32 Å². The van der Waals surface area contributed by atoms with Crippen molar-refractivity contribution in [1.29, 1.82) is 5.26 Å². The highest BCUT2D eigenvalue weighted by atomic mass is 16.5. The molecule has 1 aromatic carbocycles. The Morgan fingerprint density at radius 2 is 2.20 bits per heavy atom. The van der Waals surface area contributed by atoms with Crippen molar-refractivity contribution in [3.8, 4) is 6.07 Å². The predicted molar refractivity (Wildman–Crippen MR) is 73.0 cm³/mol. The second-order valence-corrected chi connectivity index (χ2v) is 4.63. The molecule has 5 nitrogen and oxygen atoms in total. The van der Waals surface area contributed by atoms with Gasteiger partial charge in [-0.15, -0.1) is 0 Å². The van der Waals surface area contributed by atoms with Crippen molar-refractivity contribution in [2.45, 2.75) is 26.8 Å². The topological polar surface area (TPSA) is 78.9 Å². The van der Waals surface area contributed by atoms with Crippen molar-refractivity contribution in [3.63, 3.8) is 0 Å². The summed E-state index contributed by atoms with van der Waals surface area (Å²) in [4.78, 5) is 12.2. The Labute approximate surface area is 117 Å². The van der Waals surface area contributed by atoms with E-state index >= 15 is 0 Å². The zero-order valence-corrected chi connectivity index (χ0v) is 11.6. The van der Waals surface area contributed by atoms with Gasteiger partial charge in [-0.3, -0.25) is 4.79 Å². The molecule has 0 radical (unpaired) electrons. The van der Waals surface area contributed by atoms with Gasteiger partial charge >= 0.3 is 0 Å². The average Bonchev–Trinajstić information content (AvgIpc) is 2.78. The van der Waals surface area contributed by atoms with E-state index in [9.17, 15) is 4.79 Å². The molecule has 2 aromatic rings. The zero-order valence-electron chi connectivity index (χ0n) is 11.6. The Bertz CT molecular complexity index is 663. The molecule has 2 rings (SSSR count). The van der Waals surface area contributed by atoms with Gasteiger partial charge in [0.25, 0.3) is 5.91 Å². The van der Waals surface area contributed by atoms with E-state index in [1.54, 1.807) is 24.3 Å². The number of hydrogen-bond acceptors (Lipinski definition) is 4. The van der Waals surface area contributed by atoms with Gasteiger partial charge in [0.15, 0.2) is 0 Å². The van der Waals surface area contributed by atoms with Gasteiger partial charge in [-0.05, 0) is 39.0 Å².